The normalized spacial score (nSPS) is 30.4. The largest absolute Gasteiger partial charge is 0.283 e. The van der Waals surface area contributed by atoms with Gasteiger partial charge in [0, 0.05) is 17.5 Å². The summed E-state index contributed by atoms with van der Waals surface area (Å²) in [6, 6.07) is 6.69. The Morgan fingerprint density at radius 2 is 2.09 bits per heavy atom. The fourth-order valence-corrected chi connectivity index (χ4v) is 3.82. The predicted molar refractivity (Wildman–Crippen MR) is 80.0 cm³/mol. The Hall–Kier alpha value is -1.95. The monoisotopic (exact) mass is 302 g/mol. The van der Waals surface area contributed by atoms with Crippen molar-refractivity contribution < 1.29 is 9.18 Å². The molecule has 1 aromatic rings. The van der Waals surface area contributed by atoms with Gasteiger partial charge in [-0.25, -0.2) is 14.8 Å². The molecule has 6 heteroatoms. The minimum absolute atomic E-state index is 0.0346. The summed E-state index contributed by atoms with van der Waals surface area (Å²) in [7, 11) is 0. The molecule has 1 saturated carbocycles. The van der Waals surface area contributed by atoms with Crippen LogP contribution in [0.5, 0.6) is 0 Å². The van der Waals surface area contributed by atoms with Crippen LogP contribution >= 0.6 is 0 Å². The number of carbonyl (C=O) groups is 1. The van der Waals surface area contributed by atoms with E-state index in [9.17, 15) is 9.18 Å². The highest BCUT2D eigenvalue weighted by atomic mass is 19.1. The number of fused-ring (bicyclic) bond motifs is 3. The maximum Gasteiger partial charge on any atom is 0.267 e. The summed E-state index contributed by atoms with van der Waals surface area (Å²) >= 11 is 0. The van der Waals surface area contributed by atoms with Gasteiger partial charge in [-0.05, 0) is 18.9 Å². The Balaban J connectivity index is 1.56. The molecule has 3 atom stereocenters. The fraction of sp³-hybridized carbons (Fsp3) is 0.500. The Morgan fingerprint density at radius 1 is 1.27 bits per heavy atom. The molecule has 4 rings (SSSR count). The summed E-state index contributed by atoms with van der Waals surface area (Å²) in [6.07, 6.45) is 6.22. The van der Waals surface area contributed by atoms with Crippen LogP contribution in [0, 0.1) is 11.7 Å². The molecule has 3 aliphatic rings. The third kappa shape index (κ3) is 2.18. The molecule has 1 aromatic carbocycles. The van der Waals surface area contributed by atoms with Crippen LogP contribution in [0.3, 0.4) is 0 Å². The van der Waals surface area contributed by atoms with Gasteiger partial charge >= 0.3 is 0 Å². The van der Waals surface area contributed by atoms with Crippen molar-refractivity contribution in [2.24, 2.45) is 11.0 Å². The first-order chi connectivity index (χ1) is 10.7. The molecule has 1 amide bonds. The SMILES string of the molecule is O=C1C2C3CCCCC3NN2C=NN1Cc1ccccc1F. The highest BCUT2D eigenvalue weighted by molar-refractivity contribution is 5.87. The zero-order chi connectivity index (χ0) is 15.1. The smallest absolute Gasteiger partial charge is 0.267 e. The summed E-state index contributed by atoms with van der Waals surface area (Å²) in [5, 5.41) is 7.45. The number of carbonyl (C=O) groups excluding carboxylic acids is 1. The molecule has 1 saturated heterocycles. The molecule has 3 unspecified atom stereocenters. The summed E-state index contributed by atoms with van der Waals surface area (Å²) in [6.45, 7) is 0.184. The first-order valence-electron chi connectivity index (χ1n) is 7.87. The molecule has 0 radical (unpaired) electrons. The summed E-state index contributed by atoms with van der Waals surface area (Å²) in [5.74, 6) is -0.00297. The van der Waals surface area contributed by atoms with Crippen molar-refractivity contribution in [3.05, 3.63) is 35.6 Å². The second-order valence-corrected chi connectivity index (χ2v) is 6.25. The van der Waals surface area contributed by atoms with Crippen molar-refractivity contribution in [3.63, 3.8) is 0 Å². The molecule has 116 valence electrons. The predicted octanol–water partition coefficient (Wildman–Crippen LogP) is 1.86. The van der Waals surface area contributed by atoms with Gasteiger partial charge in [0.05, 0.1) is 6.54 Å². The maximum atomic E-state index is 13.8. The van der Waals surface area contributed by atoms with Gasteiger partial charge in [-0.1, -0.05) is 31.0 Å². The number of amides is 1. The zero-order valence-corrected chi connectivity index (χ0v) is 12.3. The lowest BCUT2D eigenvalue weighted by atomic mass is 9.81. The zero-order valence-electron chi connectivity index (χ0n) is 12.3. The van der Waals surface area contributed by atoms with Gasteiger partial charge in [-0.3, -0.25) is 9.80 Å². The van der Waals surface area contributed by atoms with Crippen molar-refractivity contribution in [2.45, 2.75) is 44.3 Å². The molecule has 1 N–H and O–H groups in total. The molecule has 5 nitrogen and oxygen atoms in total. The van der Waals surface area contributed by atoms with E-state index in [0.717, 1.165) is 12.8 Å². The van der Waals surface area contributed by atoms with Crippen molar-refractivity contribution in [1.82, 2.24) is 15.4 Å². The Labute approximate surface area is 128 Å². The number of hydrogen-bond acceptors (Lipinski definition) is 4. The molecule has 0 bridgehead atoms. The Morgan fingerprint density at radius 3 is 2.95 bits per heavy atom. The third-order valence-corrected chi connectivity index (χ3v) is 4.94. The number of rotatable bonds is 2. The molecule has 0 aromatic heterocycles. The third-order valence-electron chi connectivity index (χ3n) is 4.94. The minimum Gasteiger partial charge on any atom is -0.283 e. The van der Waals surface area contributed by atoms with E-state index in [-0.39, 0.29) is 24.3 Å². The van der Waals surface area contributed by atoms with Crippen molar-refractivity contribution >= 4 is 12.2 Å². The van der Waals surface area contributed by atoms with Crippen LogP contribution < -0.4 is 5.43 Å². The number of nitrogens with zero attached hydrogens (tertiary/aromatic N) is 3. The van der Waals surface area contributed by atoms with Crippen molar-refractivity contribution in [1.29, 1.82) is 0 Å². The average molecular weight is 302 g/mol. The second kappa shape index (κ2) is 5.35. The van der Waals surface area contributed by atoms with Gasteiger partial charge in [0.2, 0.25) is 0 Å². The van der Waals surface area contributed by atoms with Gasteiger partial charge in [0.25, 0.3) is 5.91 Å². The molecular weight excluding hydrogens is 283 g/mol. The number of benzene rings is 1. The van der Waals surface area contributed by atoms with E-state index in [1.165, 1.54) is 23.9 Å². The molecule has 0 spiro atoms. The molecule has 2 aliphatic heterocycles. The lowest BCUT2D eigenvalue weighted by molar-refractivity contribution is -0.138. The van der Waals surface area contributed by atoms with Crippen molar-refractivity contribution in [2.75, 3.05) is 0 Å². The number of hydrazone groups is 1. The van der Waals surface area contributed by atoms with Crippen LogP contribution in [0.25, 0.3) is 0 Å². The van der Waals surface area contributed by atoms with E-state index in [4.69, 9.17) is 0 Å². The van der Waals surface area contributed by atoms with Crippen LogP contribution in [0.15, 0.2) is 29.4 Å². The average Bonchev–Trinajstić information content (AvgIpc) is 2.91. The highest BCUT2D eigenvalue weighted by Gasteiger charge is 2.48. The van der Waals surface area contributed by atoms with Crippen LogP contribution in [-0.4, -0.2) is 34.3 Å². The summed E-state index contributed by atoms with van der Waals surface area (Å²) in [5.41, 5.74) is 3.88. The van der Waals surface area contributed by atoms with Crippen LogP contribution in [0.2, 0.25) is 0 Å². The van der Waals surface area contributed by atoms with E-state index in [1.54, 1.807) is 24.5 Å². The fourth-order valence-electron chi connectivity index (χ4n) is 3.82. The molecular formula is C16H19FN4O. The van der Waals surface area contributed by atoms with Gasteiger partial charge < -0.3 is 0 Å². The standard InChI is InChI=1S/C16H19FN4O/c17-13-7-3-1-5-11(13)9-20-16(22)15-12-6-2-4-8-14(12)19-21(15)10-18-20/h1,3,5,7,10,12,14-15,19H,2,4,6,8-9H2. The first-order valence-corrected chi connectivity index (χ1v) is 7.87. The van der Waals surface area contributed by atoms with Crippen LogP contribution in [0.4, 0.5) is 4.39 Å². The maximum absolute atomic E-state index is 13.8. The van der Waals surface area contributed by atoms with Gasteiger partial charge in [0.1, 0.15) is 18.2 Å². The van der Waals surface area contributed by atoms with Crippen molar-refractivity contribution in [3.8, 4) is 0 Å². The van der Waals surface area contributed by atoms with Gasteiger partial charge in [-0.15, -0.1) is 0 Å². The van der Waals surface area contributed by atoms with Gasteiger partial charge in [-0.2, -0.15) is 5.10 Å². The number of nitrogens with one attached hydrogen (secondary N) is 1. The van der Waals surface area contributed by atoms with E-state index < -0.39 is 0 Å². The second-order valence-electron chi connectivity index (χ2n) is 6.25. The lowest BCUT2D eigenvalue weighted by Gasteiger charge is -2.33. The van der Waals surface area contributed by atoms with E-state index in [2.05, 4.69) is 10.5 Å². The number of hydrogen-bond donors (Lipinski definition) is 1. The van der Waals surface area contributed by atoms with Crippen LogP contribution in [-0.2, 0) is 11.3 Å². The lowest BCUT2D eigenvalue weighted by Crippen LogP contribution is -2.52. The Bertz CT molecular complexity index is 620. The minimum atomic E-state index is -0.298. The summed E-state index contributed by atoms with van der Waals surface area (Å²) in [4.78, 5) is 12.8. The molecule has 1 aliphatic carbocycles. The summed E-state index contributed by atoms with van der Waals surface area (Å²) < 4.78 is 13.8. The first kappa shape index (κ1) is 13.7. The van der Waals surface area contributed by atoms with E-state index >= 15 is 0 Å². The number of hydrazine groups is 1. The highest BCUT2D eigenvalue weighted by Crippen LogP contribution is 2.35. The molecule has 2 fully saturated rings. The molecule has 22 heavy (non-hydrogen) atoms. The number of halogens is 1. The molecule has 2 heterocycles. The topological polar surface area (TPSA) is 47.9 Å². The van der Waals surface area contributed by atoms with E-state index in [1.807, 2.05) is 5.01 Å². The van der Waals surface area contributed by atoms with Crippen LogP contribution in [0.1, 0.15) is 31.2 Å². The quantitative estimate of drug-likeness (QED) is 0.907. The van der Waals surface area contributed by atoms with E-state index in [0.29, 0.717) is 17.5 Å². The van der Waals surface area contributed by atoms with Gasteiger partial charge in [0.15, 0.2) is 0 Å². The Kier molecular flexibility index (Phi) is 3.33.